The second-order valence-electron chi connectivity index (χ2n) is 3.99. The molecule has 0 atom stereocenters. The molecule has 19 heavy (non-hydrogen) atoms. The summed E-state index contributed by atoms with van der Waals surface area (Å²) in [5, 5.41) is 9.27. The fraction of sp³-hybridized carbons (Fsp3) is 0.143. The number of aryl methyl sites for hydroxylation is 1. The van der Waals surface area contributed by atoms with Crippen molar-refractivity contribution in [2.24, 2.45) is 0 Å². The van der Waals surface area contributed by atoms with Gasteiger partial charge >= 0.3 is 0 Å². The molecule has 0 aliphatic rings. The van der Waals surface area contributed by atoms with E-state index in [-0.39, 0.29) is 5.91 Å². The average Bonchev–Trinajstić information content (AvgIpc) is 2.82. The van der Waals surface area contributed by atoms with Crippen LogP contribution in [0.2, 0.25) is 0 Å². The molecule has 1 heterocycles. The third kappa shape index (κ3) is 3.22. The topological polar surface area (TPSA) is 67.0 Å². The molecule has 0 saturated carbocycles. The third-order valence-corrected chi connectivity index (χ3v) is 2.63. The van der Waals surface area contributed by atoms with Crippen LogP contribution in [0.5, 0.6) is 5.75 Å². The highest BCUT2D eigenvalue weighted by Gasteiger charge is 2.03. The summed E-state index contributed by atoms with van der Waals surface area (Å²) in [5.41, 5.74) is 1.74. The zero-order valence-corrected chi connectivity index (χ0v) is 10.8. The fourth-order valence-electron chi connectivity index (χ4n) is 1.61. The first-order chi connectivity index (χ1) is 9.20. The Balaban J connectivity index is 2.06. The number of aromatic amines is 1. The van der Waals surface area contributed by atoms with Crippen LogP contribution in [0.25, 0.3) is 6.08 Å². The van der Waals surface area contributed by atoms with Gasteiger partial charge in [-0.15, -0.1) is 0 Å². The molecule has 1 amide bonds. The monoisotopic (exact) mass is 257 g/mol. The van der Waals surface area contributed by atoms with Gasteiger partial charge in [-0.3, -0.25) is 9.89 Å². The number of ether oxygens (including phenoxy) is 1. The number of nitrogens with zero attached hydrogens (tertiary/aromatic N) is 1. The van der Waals surface area contributed by atoms with Crippen molar-refractivity contribution in [3.8, 4) is 5.75 Å². The molecule has 0 aliphatic heterocycles. The first-order valence-corrected chi connectivity index (χ1v) is 5.83. The normalized spacial score (nSPS) is 10.6. The van der Waals surface area contributed by atoms with Crippen molar-refractivity contribution in [2.45, 2.75) is 6.92 Å². The lowest BCUT2D eigenvalue weighted by molar-refractivity contribution is -0.111. The Bertz CT molecular complexity index is 602. The second-order valence-corrected chi connectivity index (χ2v) is 3.99. The van der Waals surface area contributed by atoms with Gasteiger partial charge in [-0.05, 0) is 19.1 Å². The minimum Gasteiger partial charge on any atom is -0.496 e. The number of benzene rings is 1. The molecule has 5 nitrogen and oxygen atoms in total. The number of hydrogen-bond acceptors (Lipinski definition) is 3. The van der Waals surface area contributed by atoms with Crippen molar-refractivity contribution >= 4 is 17.8 Å². The van der Waals surface area contributed by atoms with Crippen LogP contribution in [0.4, 0.5) is 5.82 Å². The highest BCUT2D eigenvalue weighted by Crippen LogP contribution is 2.18. The summed E-state index contributed by atoms with van der Waals surface area (Å²) >= 11 is 0. The number of rotatable bonds is 4. The fourth-order valence-corrected chi connectivity index (χ4v) is 1.61. The Morgan fingerprint density at radius 3 is 2.89 bits per heavy atom. The number of amides is 1. The van der Waals surface area contributed by atoms with Crippen molar-refractivity contribution in [1.29, 1.82) is 0 Å². The molecule has 2 N–H and O–H groups in total. The Morgan fingerprint density at radius 1 is 1.42 bits per heavy atom. The number of anilines is 1. The minimum absolute atomic E-state index is 0.224. The Hall–Kier alpha value is -2.56. The number of aromatic nitrogens is 2. The number of carbonyl (C=O) groups excluding carboxylic acids is 1. The van der Waals surface area contributed by atoms with Gasteiger partial charge in [0.05, 0.1) is 13.3 Å². The van der Waals surface area contributed by atoms with Gasteiger partial charge in [0, 0.05) is 17.2 Å². The first kappa shape index (κ1) is 12.9. The lowest BCUT2D eigenvalue weighted by Gasteiger charge is -2.03. The van der Waals surface area contributed by atoms with Crippen molar-refractivity contribution in [2.75, 3.05) is 12.4 Å². The zero-order chi connectivity index (χ0) is 13.7. The van der Waals surface area contributed by atoms with E-state index < -0.39 is 0 Å². The maximum Gasteiger partial charge on any atom is 0.249 e. The van der Waals surface area contributed by atoms with Crippen LogP contribution in [0.15, 0.2) is 36.5 Å². The molecule has 0 unspecified atom stereocenters. The van der Waals surface area contributed by atoms with Gasteiger partial charge in [-0.1, -0.05) is 18.2 Å². The maximum atomic E-state index is 11.7. The van der Waals surface area contributed by atoms with E-state index in [0.717, 1.165) is 16.9 Å². The molecule has 2 rings (SSSR count). The molecule has 5 heteroatoms. The highest BCUT2D eigenvalue weighted by molar-refractivity contribution is 6.01. The largest absolute Gasteiger partial charge is 0.496 e. The summed E-state index contributed by atoms with van der Waals surface area (Å²) in [4.78, 5) is 11.7. The van der Waals surface area contributed by atoms with E-state index in [0.29, 0.717) is 5.82 Å². The number of H-pyrrole nitrogens is 1. The standard InChI is InChI=1S/C14H15N3O2/c1-10-9-15-17-14(10)16-13(18)8-7-11-5-3-4-6-12(11)19-2/h3-9H,1-2H3,(H2,15,16,17,18)/b8-7+. The van der Waals surface area contributed by atoms with Gasteiger partial charge in [0.25, 0.3) is 0 Å². The van der Waals surface area contributed by atoms with Crippen LogP contribution in [-0.2, 0) is 4.79 Å². The number of para-hydroxylation sites is 1. The summed E-state index contributed by atoms with van der Waals surface area (Å²) in [6.45, 7) is 1.86. The molecule has 0 spiro atoms. The third-order valence-electron chi connectivity index (χ3n) is 2.63. The van der Waals surface area contributed by atoms with Crippen molar-refractivity contribution < 1.29 is 9.53 Å². The van der Waals surface area contributed by atoms with E-state index in [1.54, 1.807) is 19.4 Å². The average molecular weight is 257 g/mol. The van der Waals surface area contributed by atoms with E-state index in [9.17, 15) is 4.79 Å². The molecule has 0 saturated heterocycles. The van der Waals surface area contributed by atoms with E-state index >= 15 is 0 Å². The van der Waals surface area contributed by atoms with E-state index in [1.807, 2.05) is 31.2 Å². The van der Waals surface area contributed by atoms with Crippen LogP contribution in [0, 0.1) is 6.92 Å². The lowest BCUT2D eigenvalue weighted by atomic mass is 10.2. The van der Waals surface area contributed by atoms with Gasteiger partial charge in [0.1, 0.15) is 11.6 Å². The van der Waals surface area contributed by atoms with Gasteiger partial charge in [-0.25, -0.2) is 0 Å². The van der Waals surface area contributed by atoms with Crippen LogP contribution < -0.4 is 10.1 Å². The van der Waals surface area contributed by atoms with E-state index in [4.69, 9.17) is 4.74 Å². The van der Waals surface area contributed by atoms with Crippen LogP contribution in [0.3, 0.4) is 0 Å². The maximum absolute atomic E-state index is 11.7. The van der Waals surface area contributed by atoms with E-state index in [1.165, 1.54) is 6.08 Å². The van der Waals surface area contributed by atoms with Gasteiger partial charge < -0.3 is 10.1 Å². The second kappa shape index (κ2) is 5.86. The highest BCUT2D eigenvalue weighted by atomic mass is 16.5. The number of nitrogens with one attached hydrogen (secondary N) is 2. The molecule has 0 fully saturated rings. The molecule has 2 aromatic rings. The predicted molar refractivity (Wildman–Crippen MR) is 74.0 cm³/mol. The molecular formula is C14H15N3O2. The quantitative estimate of drug-likeness (QED) is 0.826. The summed E-state index contributed by atoms with van der Waals surface area (Å²) in [5.74, 6) is 1.11. The van der Waals surface area contributed by atoms with E-state index in [2.05, 4.69) is 15.5 Å². The Kier molecular flexibility index (Phi) is 3.97. The number of carbonyl (C=O) groups is 1. The first-order valence-electron chi connectivity index (χ1n) is 5.83. The van der Waals surface area contributed by atoms with Gasteiger partial charge in [0.15, 0.2) is 0 Å². The molecule has 98 valence electrons. The summed E-state index contributed by atoms with van der Waals surface area (Å²) < 4.78 is 5.20. The summed E-state index contributed by atoms with van der Waals surface area (Å²) in [6.07, 6.45) is 4.82. The van der Waals surface area contributed by atoms with Gasteiger partial charge in [0.2, 0.25) is 5.91 Å². The summed E-state index contributed by atoms with van der Waals surface area (Å²) in [7, 11) is 1.60. The molecule has 0 aliphatic carbocycles. The lowest BCUT2D eigenvalue weighted by Crippen LogP contribution is -2.09. The van der Waals surface area contributed by atoms with Crippen LogP contribution >= 0.6 is 0 Å². The van der Waals surface area contributed by atoms with Crippen molar-refractivity contribution in [3.05, 3.63) is 47.7 Å². The van der Waals surface area contributed by atoms with Crippen molar-refractivity contribution in [1.82, 2.24) is 10.2 Å². The number of hydrogen-bond donors (Lipinski definition) is 2. The minimum atomic E-state index is -0.224. The predicted octanol–water partition coefficient (Wildman–Crippen LogP) is 2.38. The van der Waals surface area contributed by atoms with Crippen LogP contribution in [0.1, 0.15) is 11.1 Å². The Morgan fingerprint density at radius 2 is 2.21 bits per heavy atom. The SMILES string of the molecule is COc1ccccc1/C=C/C(=O)Nc1[nH]ncc1C. The number of methoxy groups -OCH3 is 1. The smallest absolute Gasteiger partial charge is 0.249 e. The summed E-state index contributed by atoms with van der Waals surface area (Å²) in [6, 6.07) is 7.49. The molecule has 1 aromatic carbocycles. The van der Waals surface area contributed by atoms with Crippen LogP contribution in [-0.4, -0.2) is 23.2 Å². The molecule has 0 radical (unpaired) electrons. The molecular weight excluding hydrogens is 242 g/mol. The molecule has 1 aromatic heterocycles. The Labute approximate surface area is 111 Å². The molecule has 0 bridgehead atoms. The van der Waals surface area contributed by atoms with Gasteiger partial charge in [-0.2, -0.15) is 5.10 Å². The van der Waals surface area contributed by atoms with Crippen molar-refractivity contribution in [3.63, 3.8) is 0 Å². The zero-order valence-electron chi connectivity index (χ0n) is 10.8.